The first-order valence-electron chi connectivity index (χ1n) is 10.8. The van der Waals surface area contributed by atoms with Gasteiger partial charge >= 0.3 is 12.1 Å². The number of thioether (sulfide) groups is 1. The minimum Gasteiger partial charge on any atom is -0.481 e. The van der Waals surface area contributed by atoms with E-state index in [0.717, 1.165) is 24.2 Å². The molecule has 0 bridgehead atoms. The summed E-state index contributed by atoms with van der Waals surface area (Å²) in [5, 5.41) is 21.0. The van der Waals surface area contributed by atoms with E-state index < -0.39 is 5.97 Å². The van der Waals surface area contributed by atoms with Gasteiger partial charge in [-0.1, -0.05) is 23.9 Å². The minimum atomic E-state index is -0.897. The molecule has 3 heterocycles. The van der Waals surface area contributed by atoms with Crippen LogP contribution in [-0.2, 0) is 18.4 Å². The molecule has 1 amide bonds. The third-order valence-corrected chi connectivity index (χ3v) is 7.35. The molecule has 3 aromatic rings. The van der Waals surface area contributed by atoms with Crippen LogP contribution in [-0.4, -0.2) is 70.2 Å². The molecule has 0 spiro atoms. The van der Waals surface area contributed by atoms with Crippen LogP contribution < -0.4 is 4.74 Å². The van der Waals surface area contributed by atoms with Crippen molar-refractivity contribution in [1.82, 2.24) is 34.7 Å². The molecule has 1 aliphatic rings. The second kappa shape index (κ2) is 10.9. The number of thiol groups is 1. The summed E-state index contributed by atoms with van der Waals surface area (Å²) in [7, 11) is 1.92. The first kappa shape index (κ1) is 24.1. The van der Waals surface area contributed by atoms with Gasteiger partial charge in [0.25, 0.3) is 0 Å². The number of carbonyl (C=O) groups excluding carboxylic acids is 1. The van der Waals surface area contributed by atoms with Crippen molar-refractivity contribution in [3.8, 4) is 5.75 Å². The summed E-state index contributed by atoms with van der Waals surface area (Å²) in [4.78, 5) is 29.4. The molecule has 1 atom stereocenters. The number of rotatable bonds is 8. The molecule has 4 rings (SSSR count). The zero-order valence-corrected chi connectivity index (χ0v) is 20.2. The van der Waals surface area contributed by atoms with E-state index in [1.54, 1.807) is 23.2 Å². The number of tetrazole rings is 1. The third kappa shape index (κ3) is 5.89. The van der Waals surface area contributed by atoms with Crippen LogP contribution in [0.1, 0.15) is 35.9 Å². The Labute approximate surface area is 205 Å². The summed E-state index contributed by atoms with van der Waals surface area (Å²) in [6.07, 6.45) is 4.70. The number of imidazole rings is 1. The molecule has 0 saturated carbocycles. The SMILES string of the molecule is Cn1ccnc1C(S)c1ccc(OC(=O)N2CCC(Sc3nnnn3CCC(=O)O)CC2)cc1. The fraction of sp³-hybridized carbons (Fsp3) is 0.429. The van der Waals surface area contributed by atoms with E-state index in [2.05, 4.69) is 33.1 Å². The molecule has 1 aromatic carbocycles. The number of likely N-dealkylation sites (tertiary alicyclic amines) is 1. The van der Waals surface area contributed by atoms with Gasteiger partial charge in [0.05, 0.1) is 18.2 Å². The lowest BCUT2D eigenvalue weighted by atomic mass is 10.1. The van der Waals surface area contributed by atoms with Gasteiger partial charge in [-0.05, 0) is 41.0 Å². The number of aryl methyl sites for hydroxylation is 2. The Morgan fingerprint density at radius 1 is 1.26 bits per heavy atom. The lowest BCUT2D eigenvalue weighted by Gasteiger charge is -2.30. The maximum Gasteiger partial charge on any atom is 0.415 e. The highest BCUT2D eigenvalue weighted by atomic mass is 32.2. The quantitative estimate of drug-likeness (QED) is 0.446. The number of carboxylic acids is 1. The zero-order valence-electron chi connectivity index (χ0n) is 18.5. The second-order valence-electron chi connectivity index (χ2n) is 7.87. The summed E-state index contributed by atoms with van der Waals surface area (Å²) in [5.41, 5.74) is 0.959. The fourth-order valence-corrected chi connectivity index (χ4v) is 5.10. The third-order valence-electron chi connectivity index (χ3n) is 5.51. The molecule has 180 valence electrons. The lowest BCUT2D eigenvalue weighted by molar-refractivity contribution is -0.137. The molecule has 34 heavy (non-hydrogen) atoms. The highest BCUT2D eigenvalue weighted by Gasteiger charge is 2.26. The molecular weight excluding hydrogens is 478 g/mol. The molecule has 1 unspecified atom stereocenters. The Hall–Kier alpha value is -3.06. The molecule has 0 aliphatic carbocycles. The first-order valence-corrected chi connectivity index (χ1v) is 12.2. The molecule has 1 fully saturated rings. The van der Waals surface area contributed by atoms with E-state index >= 15 is 0 Å². The molecule has 0 radical (unpaired) electrons. The molecule has 1 aliphatic heterocycles. The van der Waals surface area contributed by atoms with E-state index in [4.69, 9.17) is 9.84 Å². The number of carbonyl (C=O) groups is 2. The lowest BCUT2D eigenvalue weighted by Crippen LogP contribution is -2.41. The number of piperidine rings is 1. The van der Waals surface area contributed by atoms with Crippen LogP contribution in [0, 0.1) is 0 Å². The van der Waals surface area contributed by atoms with Crippen LogP contribution >= 0.6 is 24.4 Å². The molecule has 13 heteroatoms. The molecule has 1 saturated heterocycles. The van der Waals surface area contributed by atoms with Gasteiger partial charge in [-0.3, -0.25) is 4.79 Å². The zero-order chi connectivity index (χ0) is 24.1. The number of amides is 1. The Morgan fingerprint density at radius 3 is 2.65 bits per heavy atom. The highest BCUT2D eigenvalue weighted by Crippen LogP contribution is 2.30. The number of aromatic nitrogens is 6. The average Bonchev–Trinajstić information content (AvgIpc) is 3.46. The van der Waals surface area contributed by atoms with Gasteiger partial charge in [0, 0.05) is 37.8 Å². The van der Waals surface area contributed by atoms with Crippen molar-refractivity contribution in [1.29, 1.82) is 0 Å². The van der Waals surface area contributed by atoms with Crippen LogP contribution in [0.2, 0.25) is 0 Å². The Balaban J connectivity index is 1.26. The van der Waals surface area contributed by atoms with Crippen LogP contribution in [0.5, 0.6) is 5.75 Å². The summed E-state index contributed by atoms with van der Waals surface area (Å²) in [6, 6.07) is 7.29. The van der Waals surface area contributed by atoms with E-state index in [9.17, 15) is 9.59 Å². The monoisotopic (exact) mass is 503 g/mol. The number of carboxylic acid groups (broad SMARTS) is 1. The van der Waals surface area contributed by atoms with Crippen molar-refractivity contribution < 1.29 is 19.4 Å². The highest BCUT2D eigenvalue weighted by molar-refractivity contribution is 7.99. The van der Waals surface area contributed by atoms with Crippen molar-refractivity contribution in [3.63, 3.8) is 0 Å². The predicted molar refractivity (Wildman–Crippen MR) is 127 cm³/mol. The van der Waals surface area contributed by atoms with Crippen molar-refractivity contribution >= 4 is 36.5 Å². The smallest absolute Gasteiger partial charge is 0.415 e. The number of hydrogen-bond acceptors (Lipinski definition) is 9. The summed E-state index contributed by atoms with van der Waals surface area (Å²) in [6.45, 7) is 1.34. The molecular formula is C21H25N7O4S2. The van der Waals surface area contributed by atoms with Gasteiger partial charge in [0.15, 0.2) is 0 Å². The predicted octanol–water partition coefficient (Wildman–Crippen LogP) is 2.66. The molecule has 11 nitrogen and oxygen atoms in total. The van der Waals surface area contributed by atoms with Gasteiger partial charge in [0.2, 0.25) is 5.16 Å². The maximum absolute atomic E-state index is 12.6. The number of benzene rings is 1. The van der Waals surface area contributed by atoms with Crippen LogP contribution in [0.3, 0.4) is 0 Å². The van der Waals surface area contributed by atoms with Crippen LogP contribution in [0.15, 0.2) is 41.8 Å². The van der Waals surface area contributed by atoms with Gasteiger partial charge in [0.1, 0.15) is 11.6 Å². The van der Waals surface area contributed by atoms with Gasteiger partial charge < -0.3 is 19.3 Å². The Morgan fingerprint density at radius 2 is 2.00 bits per heavy atom. The molecule has 2 aromatic heterocycles. The number of hydrogen-bond donors (Lipinski definition) is 2. The number of aliphatic carboxylic acids is 1. The fourth-order valence-electron chi connectivity index (χ4n) is 3.60. The van der Waals surface area contributed by atoms with Crippen molar-refractivity contribution in [2.45, 2.75) is 41.5 Å². The van der Waals surface area contributed by atoms with Gasteiger partial charge in [-0.15, -0.1) is 5.10 Å². The summed E-state index contributed by atoms with van der Waals surface area (Å²) in [5.74, 6) is 0.416. The summed E-state index contributed by atoms with van der Waals surface area (Å²) < 4.78 is 8.99. The van der Waals surface area contributed by atoms with Crippen LogP contribution in [0.25, 0.3) is 0 Å². The van der Waals surface area contributed by atoms with E-state index in [1.807, 2.05) is 29.9 Å². The largest absolute Gasteiger partial charge is 0.481 e. The van der Waals surface area contributed by atoms with E-state index in [0.29, 0.717) is 24.0 Å². The second-order valence-corrected chi connectivity index (χ2v) is 9.65. The van der Waals surface area contributed by atoms with E-state index in [1.165, 1.54) is 16.4 Å². The van der Waals surface area contributed by atoms with E-state index in [-0.39, 0.29) is 29.6 Å². The topological polar surface area (TPSA) is 128 Å². The average molecular weight is 504 g/mol. The standard InChI is InChI=1S/C21H25N7O4S2/c1-26-13-9-22-19(26)18(33)14-2-4-15(5-3-14)32-21(31)27-10-6-16(7-11-27)34-20-23-24-25-28(20)12-8-17(29)30/h2-5,9,13,16,18,33H,6-8,10-12H2,1H3,(H,29,30). The van der Waals surface area contributed by atoms with Gasteiger partial charge in [-0.25, -0.2) is 14.5 Å². The maximum atomic E-state index is 12.6. The Bertz CT molecular complexity index is 1130. The van der Waals surface area contributed by atoms with Crippen molar-refractivity contribution in [2.75, 3.05) is 13.1 Å². The van der Waals surface area contributed by atoms with Crippen molar-refractivity contribution in [2.24, 2.45) is 7.05 Å². The minimum absolute atomic E-state index is 0.0402. The van der Waals surface area contributed by atoms with Crippen molar-refractivity contribution in [3.05, 3.63) is 48.0 Å². The number of nitrogens with zero attached hydrogens (tertiary/aromatic N) is 7. The van der Waals surface area contributed by atoms with Crippen LogP contribution in [0.4, 0.5) is 4.79 Å². The normalized spacial score (nSPS) is 15.3. The summed E-state index contributed by atoms with van der Waals surface area (Å²) >= 11 is 6.17. The number of ether oxygens (including phenoxy) is 1. The Kier molecular flexibility index (Phi) is 7.73. The van der Waals surface area contributed by atoms with Gasteiger partial charge in [-0.2, -0.15) is 12.6 Å². The molecule has 1 N–H and O–H groups in total. The first-order chi connectivity index (χ1) is 16.4.